The molecule has 1 aliphatic heterocycles. The van der Waals surface area contributed by atoms with Crippen LogP contribution < -0.4 is 5.32 Å². The Morgan fingerprint density at radius 3 is 2.72 bits per heavy atom. The number of aryl methyl sites for hydroxylation is 3. The average molecular weight is 341 g/mol. The lowest BCUT2D eigenvalue weighted by atomic mass is 10.0. The molecule has 2 aromatic rings. The van der Waals surface area contributed by atoms with Gasteiger partial charge in [-0.05, 0) is 46.1 Å². The summed E-state index contributed by atoms with van der Waals surface area (Å²) in [6.07, 6.45) is 3.54. The topological polar surface area (TPSA) is 64.9 Å². The molecule has 4 rings (SSSR count). The van der Waals surface area contributed by atoms with E-state index < -0.39 is 0 Å². The highest BCUT2D eigenvalue weighted by Gasteiger charge is 2.43. The first-order valence-corrected chi connectivity index (χ1v) is 9.21. The van der Waals surface area contributed by atoms with Crippen LogP contribution in [0.2, 0.25) is 0 Å². The second kappa shape index (κ2) is 6.41. The van der Waals surface area contributed by atoms with Gasteiger partial charge in [0.25, 0.3) is 0 Å². The smallest absolute Gasteiger partial charge is 0.129 e. The summed E-state index contributed by atoms with van der Waals surface area (Å²) in [7, 11) is 0. The molecule has 0 unspecified atom stereocenters. The van der Waals surface area contributed by atoms with Gasteiger partial charge in [-0.15, -0.1) is 0 Å². The molecule has 0 amide bonds. The van der Waals surface area contributed by atoms with Gasteiger partial charge in [-0.1, -0.05) is 0 Å². The van der Waals surface area contributed by atoms with Crippen LogP contribution in [0.4, 0.5) is 5.82 Å². The van der Waals surface area contributed by atoms with E-state index >= 15 is 0 Å². The Morgan fingerprint density at radius 2 is 2.08 bits per heavy atom. The van der Waals surface area contributed by atoms with E-state index in [4.69, 9.17) is 4.74 Å². The number of nitrogens with zero attached hydrogens (tertiary/aromatic N) is 4. The molecule has 2 aliphatic rings. The number of ether oxygens (including phenoxy) is 1. The summed E-state index contributed by atoms with van der Waals surface area (Å²) in [4.78, 5) is 9.19. The van der Waals surface area contributed by atoms with Crippen LogP contribution in [0.3, 0.4) is 0 Å². The highest BCUT2D eigenvalue weighted by molar-refractivity contribution is 5.38. The summed E-state index contributed by atoms with van der Waals surface area (Å²) < 4.78 is 7.65. The lowest BCUT2D eigenvalue weighted by Crippen LogP contribution is -2.23. The summed E-state index contributed by atoms with van der Waals surface area (Å²) in [5.74, 6) is 2.18. The number of hydrogen-bond donors (Lipinski definition) is 1. The van der Waals surface area contributed by atoms with Gasteiger partial charge in [-0.2, -0.15) is 5.10 Å². The van der Waals surface area contributed by atoms with Crippen LogP contribution in [0.1, 0.15) is 48.1 Å². The zero-order valence-corrected chi connectivity index (χ0v) is 15.4. The summed E-state index contributed by atoms with van der Waals surface area (Å²) in [5, 5.41) is 8.19. The molecular weight excluding hydrogens is 314 g/mol. The van der Waals surface area contributed by atoms with Crippen molar-refractivity contribution in [3.8, 4) is 0 Å². The monoisotopic (exact) mass is 341 g/mol. The van der Waals surface area contributed by atoms with Crippen LogP contribution in [-0.2, 0) is 11.3 Å². The molecule has 0 bridgehead atoms. The van der Waals surface area contributed by atoms with Crippen LogP contribution >= 0.6 is 0 Å². The van der Waals surface area contributed by atoms with Crippen molar-refractivity contribution < 1.29 is 4.74 Å². The average Bonchev–Trinajstić information content (AvgIpc) is 2.98. The Kier molecular flexibility index (Phi) is 4.23. The molecule has 2 fully saturated rings. The van der Waals surface area contributed by atoms with Crippen molar-refractivity contribution in [2.75, 3.05) is 25.1 Å². The molecule has 0 spiro atoms. The molecule has 6 heteroatoms. The van der Waals surface area contributed by atoms with Crippen LogP contribution in [0.5, 0.6) is 0 Å². The van der Waals surface area contributed by atoms with Crippen molar-refractivity contribution in [1.82, 2.24) is 19.7 Å². The van der Waals surface area contributed by atoms with E-state index in [2.05, 4.69) is 51.0 Å². The largest absolute Gasteiger partial charge is 0.381 e. The predicted molar refractivity (Wildman–Crippen MR) is 96.8 cm³/mol. The first kappa shape index (κ1) is 16.5. The highest BCUT2D eigenvalue weighted by atomic mass is 16.5. The van der Waals surface area contributed by atoms with E-state index in [1.165, 1.54) is 18.5 Å². The first-order chi connectivity index (χ1) is 12.0. The molecule has 1 atom stereocenters. The van der Waals surface area contributed by atoms with Crippen molar-refractivity contribution in [3.05, 3.63) is 35.0 Å². The molecule has 1 N–H and O–H groups in total. The zero-order chi connectivity index (χ0) is 17.4. The molecule has 3 heterocycles. The molecule has 0 aromatic carbocycles. The van der Waals surface area contributed by atoms with Gasteiger partial charge in [0.15, 0.2) is 0 Å². The molecule has 2 aromatic heterocycles. The van der Waals surface area contributed by atoms with Gasteiger partial charge in [-0.3, -0.25) is 4.68 Å². The third-order valence-corrected chi connectivity index (χ3v) is 5.40. The second-order valence-corrected chi connectivity index (χ2v) is 7.72. The molecule has 1 saturated heterocycles. The molecule has 0 radical (unpaired) electrons. The van der Waals surface area contributed by atoms with Crippen LogP contribution in [0, 0.1) is 26.2 Å². The van der Waals surface area contributed by atoms with Gasteiger partial charge >= 0.3 is 0 Å². The third kappa shape index (κ3) is 3.68. The van der Waals surface area contributed by atoms with Crippen LogP contribution in [0.25, 0.3) is 0 Å². The van der Waals surface area contributed by atoms with Crippen LogP contribution in [-0.4, -0.2) is 39.5 Å². The Bertz CT molecular complexity index is 759. The zero-order valence-electron chi connectivity index (χ0n) is 15.4. The van der Waals surface area contributed by atoms with Gasteiger partial charge in [0, 0.05) is 42.8 Å². The van der Waals surface area contributed by atoms with E-state index in [1.54, 1.807) is 0 Å². The fourth-order valence-electron chi connectivity index (χ4n) is 3.66. The van der Waals surface area contributed by atoms with Gasteiger partial charge < -0.3 is 10.1 Å². The highest BCUT2D eigenvalue weighted by Crippen LogP contribution is 2.47. The maximum Gasteiger partial charge on any atom is 0.129 e. The Balaban J connectivity index is 1.43. The Morgan fingerprint density at radius 1 is 1.24 bits per heavy atom. The van der Waals surface area contributed by atoms with Crippen molar-refractivity contribution in [1.29, 1.82) is 0 Å². The van der Waals surface area contributed by atoms with Crippen molar-refractivity contribution >= 4 is 5.82 Å². The number of nitrogens with one attached hydrogen (secondary N) is 1. The van der Waals surface area contributed by atoms with E-state index in [1.807, 2.05) is 6.92 Å². The maximum atomic E-state index is 5.50. The minimum absolute atomic E-state index is 0.304. The minimum atomic E-state index is 0.304. The molecular formula is C19H27N5O. The first-order valence-electron chi connectivity index (χ1n) is 9.21. The molecule has 6 nitrogen and oxygen atoms in total. The SMILES string of the molecule is Cc1cc(C)n(CC2(CNc3cc([C@@H]4CCOC4)nc(C)n3)CC2)n1. The number of aromatic nitrogens is 4. The molecule has 134 valence electrons. The van der Waals surface area contributed by atoms with E-state index in [-0.39, 0.29) is 0 Å². The number of rotatable bonds is 6. The molecule has 25 heavy (non-hydrogen) atoms. The molecule has 1 aliphatic carbocycles. The van der Waals surface area contributed by atoms with E-state index in [0.29, 0.717) is 11.3 Å². The minimum Gasteiger partial charge on any atom is -0.381 e. The summed E-state index contributed by atoms with van der Waals surface area (Å²) in [6, 6.07) is 4.25. The van der Waals surface area contributed by atoms with Crippen molar-refractivity contribution in [2.45, 2.75) is 52.5 Å². The Labute approximate surface area is 149 Å². The van der Waals surface area contributed by atoms with E-state index in [9.17, 15) is 0 Å². The normalized spacial score (nSPS) is 21.5. The summed E-state index contributed by atoms with van der Waals surface area (Å²) >= 11 is 0. The van der Waals surface area contributed by atoms with Crippen LogP contribution in [0.15, 0.2) is 12.1 Å². The second-order valence-electron chi connectivity index (χ2n) is 7.72. The number of anilines is 1. The maximum absolute atomic E-state index is 5.50. The lowest BCUT2D eigenvalue weighted by molar-refractivity contribution is 0.193. The quantitative estimate of drug-likeness (QED) is 0.875. The van der Waals surface area contributed by atoms with Gasteiger partial charge in [0.05, 0.1) is 18.0 Å². The summed E-state index contributed by atoms with van der Waals surface area (Å²) in [6.45, 7) is 9.68. The Hall–Kier alpha value is -1.95. The predicted octanol–water partition coefficient (Wildman–Crippen LogP) is 2.99. The lowest BCUT2D eigenvalue weighted by Gasteiger charge is -2.18. The van der Waals surface area contributed by atoms with E-state index in [0.717, 1.165) is 55.8 Å². The summed E-state index contributed by atoms with van der Waals surface area (Å²) in [5.41, 5.74) is 3.75. The van der Waals surface area contributed by atoms with Gasteiger partial charge in [0.1, 0.15) is 11.6 Å². The van der Waals surface area contributed by atoms with Crippen molar-refractivity contribution in [3.63, 3.8) is 0 Å². The standard InChI is InChI=1S/C19H27N5O/c1-13-8-14(2)24(23-13)12-19(5-6-19)11-20-18-9-17(21-15(3)22-18)16-4-7-25-10-16/h8-9,16H,4-7,10-12H2,1-3H3,(H,20,21,22)/t16-/m1/s1. The van der Waals surface area contributed by atoms with Gasteiger partial charge in [-0.25, -0.2) is 9.97 Å². The number of hydrogen-bond acceptors (Lipinski definition) is 5. The van der Waals surface area contributed by atoms with Crippen molar-refractivity contribution in [2.24, 2.45) is 5.41 Å². The molecule has 1 saturated carbocycles. The third-order valence-electron chi connectivity index (χ3n) is 5.40. The fourth-order valence-corrected chi connectivity index (χ4v) is 3.66. The fraction of sp³-hybridized carbons (Fsp3) is 0.632. The van der Waals surface area contributed by atoms with Gasteiger partial charge in [0.2, 0.25) is 0 Å².